The van der Waals surface area contributed by atoms with Gasteiger partial charge in [-0.25, -0.2) is 9.59 Å². The SMILES string of the molecule is COC(=O)c1cc(-c2cccc3[nH]ncc23)ccc1N[C@@H](C#N)[C@H](Cc1c[nH]c2ccccc12)NC(=O)OC(C)(C)C. The number of nitrogens with zero attached hydrogens (tertiary/aromatic N) is 2. The second-order valence-corrected chi connectivity index (χ2v) is 11.0. The number of benzene rings is 3. The lowest BCUT2D eigenvalue weighted by molar-refractivity contribution is 0.0501. The van der Waals surface area contributed by atoms with Gasteiger partial charge in [-0.2, -0.15) is 10.4 Å². The van der Waals surface area contributed by atoms with E-state index in [-0.39, 0.29) is 5.56 Å². The predicted octanol–water partition coefficient (Wildman–Crippen LogP) is 5.94. The number of para-hydroxylation sites is 1. The summed E-state index contributed by atoms with van der Waals surface area (Å²) in [6.07, 6.45) is 3.28. The maximum Gasteiger partial charge on any atom is 0.407 e. The number of aromatic nitrogens is 3. The van der Waals surface area contributed by atoms with E-state index >= 15 is 0 Å². The van der Waals surface area contributed by atoms with E-state index in [2.05, 4.69) is 31.9 Å². The van der Waals surface area contributed by atoms with Crippen LogP contribution in [0.2, 0.25) is 0 Å². The summed E-state index contributed by atoms with van der Waals surface area (Å²) in [5.41, 5.74) is 4.32. The molecule has 3 aromatic carbocycles. The van der Waals surface area contributed by atoms with Gasteiger partial charge in [0, 0.05) is 28.2 Å². The number of carbonyl (C=O) groups excluding carboxylic acids is 2. The number of aromatic amines is 2. The van der Waals surface area contributed by atoms with Crippen molar-refractivity contribution in [3.05, 3.63) is 84.2 Å². The van der Waals surface area contributed by atoms with Gasteiger partial charge in [0.2, 0.25) is 0 Å². The number of nitriles is 1. The monoisotopic (exact) mass is 564 g/mol. The first-order chi connectivity index (χ1) is 20.2. The number of methoxy groups -OCH3 is 1. The normalized spacial score (nSPS) is 12.8. The van der Waals surface area contributed by atoms with Crippen LogP contribution in [0.15, 0.2) is 73.1 Å². The van der Waals surface area contributed by atoms with Crippen LogP contribution >= 0.6 is 0 Å². The van der Waals surface area contributed by atoms with Gasteiger partial charge in [0.05, 0.1) is 36.5 Å². The van der Waals surface area contributed by atoms with Gasteiger partial charge in [-0.05, 0) is 68.1 Å². The van der Waals surface area contributed by atoms with Crippen LogP contribution in [0.1, 0.15) is 36.7 Å². The fourth-order valence-electron chi connectivity index (χ4n) is 4.98. The summed E-state index contributed by atoms with van der Waals surface area (Å²) in [7, 11) is 1.31. The Bertz CT molecular complexity index is 1790. The van der Waals surface area contributed by atoms with Crippen molar-refractivity contribution in [2.75, 3.05) is 12.4 Å². The minimum Gasteiger partial charge on any atom is -0.465 e. The van der Waals surface area contributed by atoms with Crippen LogP contribution in [0.3, 0.4) is 0 Å². The number of ether oxygens (including phenoxy) is 2. The smallest absolute Gasteiger partial charge is 0.407 e. The van der Waals surface area contributed by atoms with Crippen LogP contribution < -0.4 is 10.6 Å². The van der Waals surface area contributed by atoms with Gasteiger partial charge in [0.1, 0.15) is 11.6 Å². The highest BCUT2D eigenvalue weighted by molar-refractivity contribution is 6.00. The summed E-state index contributed by atoms with van der Waals surface area (Å²) in [5, 5.41) is 25.4. The van der Waals surface area contributed by atoms with E-state index < -0.39 is 29.7 Å². The van der Waals surface area contributed by atoms with E-state index in [0.29, 0.717) is 12.1 Å². The van der Waals surface area contributed by atoms with Gasteiger partial charge < -0.3 is 25.1 Å². The summed E-state index contributed by atoms with van der Waals surface area (Å²) in [5.74, 6) is -0.566. The zero-order valence-corrected chi connectivity index (χ0v) is 23.8. The number of nitrogens with one attached hydrogen (secondary N) is 4. The first-order valence-corrected chi connectivity index (χ1v) is 13.5. The lowest BCUT2D eigenvalue weighted by atomic mass is 9.97. The minimum absolute atomic E-state index is 0.249. The van der Waals surface area contributed by atoms with Gasteiger partial charge >= 0.3 is 12.1 Å². The van der Waals surface area contributed by atoms with Crippen LogP contribution in [0, 0.1) is 11.3 Å². The fraction of sp³-hybridized carbons (Fsp3) is 0.250. The third kappa shape index (κ3) is 6.05. The molecule has 0 bridgehead atoms. The lowest BCUT2D eigenvalue weighted by Gasteiger charge is -2.27. The first kappa shape index (κ1) is 28.2. The van der Waals surface area contributed by atoms with Gasteiger partial charge in [-0.3, -0.25) is 5.10 Å². The van der Waals surface area contributed by atoms with Crippen molar-refractivity contribution in [2.24, 2.45) is 0 Å². The molecule has 0 saturated carbocycles. The van der Waals surface area contributed by atoms with Crippen molar-refractivity contribution in [1.29, 1.82) is 5.26 Å². The number of anilines is 1. The van der Waals surface area contributed by atoms with Crippen molar-refractivity contribution in [2.45, 2.75) is 44.9 Å². The fourth-order valence-corrected chi connectivity index (χ4v) is 4.98. The zero-order valence-electron chi connectivity index (χ0n) is 23.8. The largest absolute Gasteiger partial charge is 0.465 e. The number of hydrogen-bond acceptors (Lipinski definition) is 7. The number of rotatable bonds is 8. The first-order valence-electron chi connectivity index (χ1n) is 13.5. The van der Waals surface area contributed by atoms with Crippen molar-refractivity contribution in [3.8, 4) is 17.2 Å². The highest BCUT2D eigenvalue weighted by atomic mass is 16.6. The molecular weight excluding hydrogens is 532 g/mol. The van der Waals surface area contributed by atoms with E-state index in [1.165, 1.54) is 7.11 Å². The second kappa shape index (κ2) is 11.7. The van der Waals surface area contributed by atoms with E-state index in [4.69, 9.17) is 9.47 Å². The molecule has 0 aliphatic carbocycles. The summed E-state index contributed by atoms with van der Waals surface area (Å²) >= 11 is 0. The number of hydrogen-bond donors (Lipinski definition) is 4. The lowest BCUT2D eigenvalue weighted by Crippen LogP contribution is -2.49. The molecule has 0 spiro atoms. The molecule has 42 heavy (non-hydrogen) atoms. The molecule has 5 aromatic rings. The zero-order chi connectivity index (χ0) is 29.9. The van der Waals surface area contributed by atoms with Crippen LogP contribution in [-0.4, -0.2) is 52.0 Å². The molecular formula is C32H32N6O4. The van der Waals surface area contributed by atoms with Crippen LogP contribution in [0.5, 0.6) is 0 Å². The van der Waals surface area contributed by atoms with Crippen molar-refractivity contribution < 1.29 is 19.1 Å². The third-order valence-corrected chi connectivity index (χ3v) is 6.89. The Morgan fingerprint density at radius 3 is 2.60 bits per heavy atom. The Morgan fingerprint density at radius 1 is 1.05 bits per heavy atom. The second-order valence-electron chi connectivity index (χ2n) is 11.0. The Hall–Kier alpha value is -5.30. The molecule has 10 nitrogen and oxygen atoms in total. The number of fused-ring (bicyclic) bond motifs is 2. The molecule has 2 atom stereocenters. The number of alkyl carbamates (subject to hydrolysis) is 1. The molecule has 5 rings (SSSR count). The molecule has 0 fully saturated rings. The Kier molecular flexibility index (Phi) is 7.84. The summed E-state index contributed by atoms with van der Waals surface area (Å²) in [4.78, 5) is 29.1. The van der Waals surface area contributed by atoms with E-state index in [9.17, 15) is 14.9 Å². The highest BCUT2D eigenvalue weighted by Gasteiger charge is 2.29. The molecule has 0 aliphatic rings. The van der Waals surface area contributed by atoms with Crippen molar-refractivity contribution in [3.63, 3.8) is 0 Å². The number of carbonyl (C=O) groups is 2. The van der Waals surface area contributed by atoms with E-state index in [0.717, 1.165) is 38.5 Å². The van der Waals surface area contributed by atoms with Gasteiger partial charge in [0.15, 0.2) is 0 Å². The molecule has 1 amide bonds. The Balaban J connectivity index is 1.50. The average molecular weight is 565 g/mol. The van der Waals surface area contributed by atoms with Crippen LogP contribution in [-0.2, 0) is 15.9 Å². The number of esters is 1. The quantitative estimate of drug-likeness (QED) is 0.171. The Morgan fingerprint density at radius 2 is 1.83 bits per heavy atom. The van der Waals surface area contributed by atoms with Crippen LogP contribution in [0.25, 0.3) is 32.9 Å². The molecule has 0 saturated heterocycles. The standard InChI is InChI=1S/C32H32N6O4/c1-32(2,3)42-31(40)37-28(15-20-17-34-25-10-6-5-8-22(20)25)29(16-33)36-26-13-12-19(14-23(26)30(39)41-4)21-9-7-11-27-24(21)18-35-38-27/h5-14,17-18,28-29,34,36H,15H2,1-4H3,(H,35,38)(H,37,40)/t28-,29-/m0/s1. The van der Waals surface area contributed by atoms with Gasteiger partial charge in [-0.1, -0.05) is 36.4 Å². The van der Waals surface area contributed by atoms with Crippen LogP contribution in [0.4, 0.5) is 10.5 Å². The molecule has 214 valence electrons. The van der Waals surface area contributed by atoms with E-state index in [1.54, 1.807) is 39.1 Å². The molecule has 0 radical (unpaired) electrons. The molecule has 10 heteroatoms. The third-order valence-electron chi connectivity index (χ3n) is 6.89. The molecule has 4 N–H and O–H groups in total. The van der Waals surface area contributed by atoms with Gasteiger partial charge in [-0.15, -0.1) is 0 Å². The topological polar surface area (TPSA) is 145 Å². The average Bonchev–Trinajstić information content (AvgIpc) is 3.61. The summed E-state index contributed by atoms with van der Waals surface area (Å²) in [6.45, 7) is 5.32. The maximum absolute atomic E-state index is 13.0. The molecule has 2 aromatic heterocycles. The predicted molar refractivity (Wildman–Crippen MR) is 161 cm³/mol. The maximum atomic E-state index is 13.0. The molecule has 0 aliphatic heterocycles. The minimum atomic E-state index is -0.933. The number of H-pyrrole nitrogens is 2. The Labute approximate surface area is 243 Å². The van der Waals surface area contributed by atoms with Crippen molar-refractivity contribution >= 4 is 39.6 Å². The summed E-state index contributed by atoms with van der Waals surface area (Å²) < 4.78 is 10.6. The molecule has 0 unspecified atom stereocenters. The number of amides is 1. The van der Waals surface area contributed by atoms with Crippen molar-refractivity contribution in [1.82, 2.24) is 20.5 Å². The van der Waals surface area contributed by atoms with E-state index in [1.807, 2.05) is 54.7 Å². The highest BCUT2D eigenvalue weighted by Crippen LogP contribution is 2.31. The summed E-state index contributed by atoms with van der Waals surface area (Å²) in [6, 6.07) is 19.5. The molecule has 2 heterocycles. The van der Waals surface area contributed by atoms with Gasteiger partial charge in [0.25, 0.3) is 0 Å².